The molecule has 3 aromatic heterocycles. The Morgan fingerprint density at radius 3 is 2.82 bits per heavy atom. The van der Waals surface area contributed by atoms with Crippen molar-refractivity contribution in [3.63, 3.8) is 0 Å². The van der Waals surface area contributed by atoms with Gasteiger partial charge in [0.15, 0.2) is 5.65 Å². The molecule has 0 unspecified atom stereocenters. The van der Waals surface area contributed by atoms with Gasteiger partial charge in [-0.05, 0) is 38.7 Å². The molecule has 22 heavy (non-hydrogen) atoms. The topological polar surface area (TPSA) is 55.5 Å². The lowest BCUT2D eigenvalue weighted by Gasteiger charge is -2.10. The maximum Gasteiger partial charge on any atom is 0.213 e. The van der Waals surface area contributed by atoms with Crippen molar-refractivity contribution in [2.24, 2.45) is 0 Å². The SMILES string of the molecule is CN(C)CCCOc1ccc(-c2cnc3cccnn23)cn1. The third-order valence-corrected chi connectivity index (χ3v) is 3.31. The lowest BCUT2D eigenvalue weighted by atomic mass is 10.2. The summed E-state index contributed by atoms with van der Waals surface area (Å²) in [6.45, 7) is 1.67. The van der Waals surface area contributed by atoms with Gasteiger partial charge in [-0.1, -0.05) is 0 Å². The van der Waals surface area contributed by atoms with Crippen LogP contribution in [0, 0.1) is 0 Å². The average molecular weight is 297 g/mol. The number of pyridine rings is 1. The van der Waals surface area contributed by atoms with E-state index in [4.69, 9.17) is 4.74 Å². The predicted octanol–water partition coefficient (Wildman–Crippen LogP) is 2.12. The van der Waals surface area contributed by atoms with Crippen LogP contribution in [0.15, 0.2) is 42.9 Å². The fraction of sp³-hybridized carbons (Fsp3) is 0.312. The Morgan fingerprint density at radius 1 is 1.14 bits per heavy atom. The smallest absolute Gasteiger partial charge is 0.213 e. The number of fused-ring (bicyclic) bond motifs is 1. The van der Waals surface area contributed by atoms with Gasteiger partial charge < -0.3 is 9.64 Å². The largest absolute Gasteiger partial charge is 0.478 e. The molecule has 0 aliphatic heterocycles. The molecule has 0 fully saturated rings. The summed E-state index contributed by atoms with van der Waals surface area (Å²) in [5.74, 6) is 0.643. The standard InChI is InChI=1S/C16H19N5O/c1-20(2)9-4-10-22-16-7-6-13(11-18-16)14-12-17-15-5-3-8-19-21(14)15/h3,5-8,11-12H,4,9-10H2,1-2H3. The van der Waals surface area contributed by atoms with E-state index >= 15 is 0 Å². The molecule has 0 saturated heterocycles. The van der Waals surface area contributed by atoms with E-state index < -0.39 is 0 Å². The highest BCUT2D eigenvalue weighted by Crippen LogP contribution is 2.20. The van der Waals surface area contributed by atoms with Crippen molar-refractivity contribution < 1.29 is 4.74 Å². The number of hydrogen-bond donors (Lipinski definition) is 0. The minimum absolute atomic E-state index is 0.643. The van der Waals surface area contributed by atoms with Crippen LogP contribution in [0.4, 0.5) is 0 Å². The molecule has 0 aromatic carbocycles. The first kappa shape index (κ1) is 14.5. The zero-order valence-corrected chi connectivity index (χ0v) is 12.8. The zero-order chi connectivity index (χ0) is 15.4. The summed E-state index contributed by atoms with van der Waals surface area (Å²) in [6.07, 6.45) is 6.32. The van der Waals surface area contributed by atoms with Crippen LogP contribution < -0.4 is 4.74 Å². The van der Waals surface area contributed by atoms with Crippen LogP contribution in [0.2, 0.25) is 0 Å². The van der Waals surface area contributed by atoms with Gasteiger partial charge in [-0.15, -0.1) is 0 Å². The van der Waals surface area contributed by atoms with E-state index in [9.17, 15) is 0 Å². The van der Waals surface area contributed by atoms with Gasteiger partial charge in [-0.3, -0.25) is 0 Å². The lowest BCUT2D eigenvalue weighted by molar-refractivity contribution is 0.273. The lowest BCUT2D eigenvalue weighted by Crippen LogP contribution is -2.15. The minimum Gasteiger partial charge on any atom is -0.478 e. The summed E-state index contributed by atoms with van der Waals surface area (Å²) in [4.78, 5) is 10.8. The highest BCUT2D eigenvalue weighted by molar-refractivity contribution is 5.62. The molecule has 0 N–H and O–H groups in total. The van der Waals surface area contributed by atoms with Crippen molar-refractivity contribution in [3.05, 3.63) is 42.9 Å². The number of hydrogen-bond acceptors (Lipinski definition) is 5. The number of aromatic nitrogens is 4. The first-order valence-electron chi connectivity index (χ1n) is 7.27. The minimum atomic E-state index is 0.643. The normalized spacial score (nSPS) is 11.2. The third kappa shape index (κ3) is 3.23. The molecule has 0 spiro atoms. The summed E-state index contributed by atoms with van der Waals surface area (Å²) >= 11 is 0. The Balaban J connectivity index is 1.69. The summed E-state index contributed by atoms with van der Waals surface area (Å²) in [6, 6.07) is 7.65. The van der Waals surface area contributed by atoms with Gasteiger partial charge in [-0.2, -0.15) is 5.10 Å². The first-order chi connectivity index (χ1) is 10.7. The van der Waals surface area contributed by atoms with Crippen LogP contribution in [0.25, 0.3) is 16.9 Å². The maximum absolute atomic E-state index is 5.64. The van der Waals surface area contributed by atoms with Crippen LogP contribution >= 0.6 is 0 Å². The van der Waals surface area contributed by atoms with E-state index in [1.165, 1.54) is 0 Å². The van der Waals surface area contributed by atoms with Gasteiger partial charge in [0.1, 0.15) is 0 Å². The maximum atomic E-state index is 5.64. The Morgan fingerprint density at radius 2 is 2.05 bits per heavy atom. The van der Waals surface area contributed by atoms with E-state index in [1.807, 2.05) is 24.3 Å². The number of ether oxygens (including phenoxy) is 1. The highest BCUT2D eigenvalue weighted by atomic mass is 16.5. The molecular weight excluding hydrogens is 278 g/mol. The van der Waals surface area contributed by atoms with Crippen molar-refractivity contribution in [1.29, 1.82) is 0 Å². The second kappa shape index (κ2) is 6.53. The average Bonchev–Trinajstić information content (AvgIpc) is 2.96. The molecule has 0 amide bonds. The molecule has 6 nitrogen and oxygen atoms in total. The molecule has 0 radical (unpaired) electrons. The van der Waals surface area contributed by atoms with Crippen LogP contribution in [0.5, 0.6) is 5.88 Å². The van der Waals surface area contributed by atoms with Crippen molar-refractivity contribution >= 4 is 5.65 Å². The monoisotopic (exact) mass is 297 g/mol. The second-order valence-electron chi connectivity index (χ2n) is 5.33. The Labute approximate surface area is 129 Å². The third-order valence-electron chi connectivity index (χ3n) is 3.31. The number of nitrogens with zero attached hydrogens (tertiary/aromatic N) is 5. The summed E-state index contributed by atoms with van der Waals surface area (Å²) in [7, 11) is 4.11. The van der Waals surface area contributed by atoms with Gasteiger partial charge in [-0.25, -0.2) is 14.5 Å². The van der Waals surface area contributed by atoms with Crippen molar-refractivity contribution in [2.75, 3.05) is 27.2 Å². The van der Waals surface area contributed by atoms with Gasteiger partial charge in [0.05, 0.1) is 18.5 Å². The number of imidazole rings is 1. The van der Waals surface area contributed by atoms with Crippen LogP contribution in [-0.2, 0) is 0 Å². The zero-order valence-electron chi connectivity index (χ0n) is 12.8. The molecule has 0 aliphatic carbocycles. The van der Waals surface area contributed by atoms with Crippen molar-refractivity contribution in [2.45, 2.75) is 6.42 Å². The quantitative estimate of drug-likeness (QED) is 0.652. The summed E-state index contributed by atoms with van der Waals surface area (Å²) < 4.78 is 7.44. The Bertz CT molecular complexity index is 736. The van der Waals surface area contributed by atoms with E-state index in [1.54, 1.807) is 23.1 Å². The Kier molecular flexibility index (Phi) is 4.29. The molecule has 3 aromatic rings. The summed E-state index contributed by atoms with van der Waals surface area (Å²) in [5.41, 5.74) is 2.70. The molecule has 3 heterocycles. The van der Waals surface area contributed by atoms with E-state index in [0.717, 1.165) is 29.9 Å². The van der Waals surface area contributed by atoms with Crippen LogP contribution in [0.3, 0.4) is 0 Å². The van der Waals surface area contributed by atoms with Crippen LogP contribution in [-0.4, -0.2) is 51.7 Å². The molecule has 0 atom stereocenters. The number of rotatable bonds is 6. The van der Waals surface area contributed by atoms with Crippen molar-refractivity contribution in [3.8, 4) is 17.1 Å². The van der Waals surface area contributed by atoms with Gasteiger partial charge in [0.2, 0.25) is 5.88 Å². The highest BCUT2D eigenvalue weighted by Gasteiger charge is 2.07. The molecule has 0 aliphatic rings. The molecule has 6 heteroatoms. The first-order valence-corrected chi connectivity index (χ1v) is 7.27. The van der Waals surface area contributed by atoms with Crippen molar-refractivity contribution in [1.82, 2.24) is 24.5 Å². The fourth-order valence-corrected chi connectivity index (χ4v) is 2.20. The van der Waals surface area contributed by atoms with E-state index in [2.05, 4.69) is 34.1 Å². The molecular formula is C16H19N5O. The van der Waals surface area contributed by atoms with Gasteiger partial charge >= 0.3 is 0 Å². The predicted molar refractivity (Wildman–Crippen MR) is 84.9 cm³/mol. The molecule has 114 valence electrons. The van der Waals surface area contributed by atoms with Gasteiger partial charge in [0.25, 0.3) is 0 Å². The molecule has 0 saturated carbocycles. The van der Waals surface area contributed by atoms with E-state index in [0.29, 0.717) is 12.5 Å². The van der Waals surface area contributed by atoms with Gasteiger partial charge in [0, 0.05) is 30.6 Å². The summed E-state index contributed by atoms with van der Waals surface area (Å²) in [5, 5.41) is 4.31. The van der Waals surface area contributed by atoms with Crippen LogP contribution in [0.1, 0.15) is 6.42 Å². The molecule has 3 rings (SSSR count). The fourth-order valence-electron chi connectivity index (χ4n) is 2.20. The molecule has 0 bridgehead atoms. The van der Waals surface area contributed by atoms with E-state index in [-0.39, 0.29) is 0 Å². The second-order valence-corrected chi connectivity index (χ2v) is 5.33. The Hall–Kier alpha value is -2.47.